The van der Waals surface area contributed by atoms with Gasteiger partial charge in [-0.25, -0.2) is 0 Å². The van der Waals surface area contributed by atoms with E-state index in [1.54, 1.807) is 0 Å². The molecule has 0 spiro atoms. The highest BCUT2D eigenvalue weighted by molar-refractivity contribution is 9.10. The van der Waals surface area contributed by atoms with Crippen LogP contribution in [-0.4, -0.2) is 5.97 Å². The Morgan fingerprint density at radius 2 is 2.06 bits per heavy atom. The lowest BCUT2D eigenvalue weighted by atomic mass is 9.92. The number of hydrogen-bond acceptors (Lipinski definition) is 2. The molecule has 16 heavy (non-hydrogen) atoms. The van der Waals surface area contributed by atoms with Gasteiger partial charge in [-0.1, -0.05) is 28.1 Å². The van der Waals surface area contributed by atoms with Crippen LogP contribution in [0.5, 0.6) is 0 Å². The maximum absolute atomic E-state index is 8.89. The van der Waals surface area contributed by atoms with Gasteiger partial charge in [0.2, 0.25) is 0 Å². The summed E-state index contributed by atoms with van der Waals surface area (Å²) >= 11 is 3.49. The first-order chi connectivity index (χ1) is 7.50. The Morgan fingerprint density at radius 3 is 2.69 bits per heavy atom. The Labute approximate surface area is 104 Å². The molecule has 1 aromatic carbocycles. The highest BCUT2D eigenvalue weighted by Gasteiger charge is 2.08. The number of carboxylic acid groups (broad SMARTS) is 1. The van der Waals surface area contributed by atoms with Gasteiger partial charge in [-0.05, 0) is 55.5 Å². The van der Waals surface area contributed by atoms with Gasteiger partial charge in [0, 0.05) is 10.4 Å². The highest BCUT2D eigenvalue weighted by atomic mass is 79.9. The molecular weight excluding hydrogens is 268 g/mol. The normalized spacial score (nSPS) is 13.1. The number of benzene rings is 1. The molecule has 0 saturated carbocycles. The van der Waals surface area contributed by atoms with Gasteiger partial charge in [0.15, 0.2) is 0 Å². The van der Waals surface area contributed by atoms with Crippen LogP contribution in [0.25, 0.3) is 5.57 Å². The number of aliphatic carboxylic acids is 1. The van der Waals surface area contributed by atoms with Crippen molar-refractivity contribution < 1.29 is 9.90 Å². The third-order valence-corrected chi connectivity index (χ3v) is 2.85. The van der Waals surface area contributed by atoms with E-state index in [4.69, 9.17) is 9.90 Å². The van der Waals surface area contributed by atoms with Gasteiger partial charge >= 0.3 is 0 Å². The molecule has 0 fully saturated rings. The summed E-state index contributed by atoms with van der Waals surface area (Å²) in [6.45, 7) is 3.16. The Bertz CT molecular complexity index is 418. The van der Waals surface area contributed by atoms with Crippen molar-refractivity contribution in [1.82, 2.24) is 0 Å². The zero-order chi connectivity index (χ0) is 12.1. The minimum atomic E-state index is -1.08. The molecule has 0 aliphatic heterocycles. The molecule has 0 heterocycles. The monoisotopic (exact) mass is 281 g/mol. The summed E-state index contributed by atoms with van der Waals surface area (Å²) in [7, 11) is 0. The Hall–Kier alpha value is -1.09. The Morgan fingerprint density at radius 1 is 1.44 bits per heavy atom. The topological polar surface area (TPSA) is 40.1 Å². The maximum atomic E-state index is 8.89. The van der Waals surface area contributed by atoms with Crippen molar-refractivity contribution in [2.75, 3.05) is 0 Å². The largest absolute Gasteiger partial charge is 0.550 e. The van der Waals surface area contributed by atoms with E-state index in [1.807, 2.05) is 0 Å². The summed E-state index contributed by atoms with van der Waals surface area (Å²) in [6, 6.07) is 6.55. The first-order valence-electron chi connectivity index (χ1n) is 5.14. The molecule has 1 aromatic rings. The zero-order valence-corrected chi connectivity index (χ0v) is 11.0. The van der Waals surface area contributed by atoms with Crippen molar-refractivity contribution in [2.24, 2.45) is 0 Å². The number of allylic oxidation sites excluding steroid dienone is 2. The van der Waals surface area contributed by atoms with Gasteiger partial charge in [0.25, 0.3) is 0 Å². The van der Waals surface area contributed by atoms with Gasteiger partial charge in [0.05, 0.1) is 0 Å². The first-order valence-corrected chi connectivity index (χ1v) is 5.93. The standard InChI is InChI=1S/C11H11Br.C2H4O2/c1-8-3-2-4-9-5-6-10(12)7-11(8)9;1-2(3)4/h3,5-7H,2,4H2,1H3;1H3,(H,3,4)/p-1. The minimum Gasteiger partial charge on any atom is -0.550 e. The summed E-state index contributed by atoms with van der Waals surface area (Å²) < 4.78 is 1.18. The molecule has 0 radical (unpaired) electrons. The number of aryl methyl sites for hydroxylation is 1. The van der Waals surface area contributed by atoms with Crippen LogP contribution < -0.4 is 5.11 Å². The molecule has 1 aliphatic carbocycles. The van der Waals surface area contributed by atoms with Gasteiger partial charge < -0.3 is 9.90 Å². The predicted octanol–water partition coefficient (Wildman–Crippen LogP) is 2.55. The lowest BCUT2D eigenvalue weighted by molar-refractivity contribution is -0.302. The molecule has 0 unspecified atom stereocenters. The molecule has 0 aromatic heterocycles. The van der Waals surface area contributed by atoms with Crippen LogP contribution in [0.4, 0.5) is 0 Å². The molecule has 3 heteroatoms. The number of fused-ring (bicyclic) bond motifs is 1. The highest BCUT2D eigenvalue weighted by Crippen LogP contribution is 2.28. The van der Waals surface area contributed by atoms with E-state index in [9.17, 15) is 0 Å². The molecular formula is C13H14BrO2-. The van der Waals surface area contributed by atoms with Crippen molar-refractivity contribution in [3.63, 3.8) is 0 Å². The van der Waals surface area contributed by atoms with E-state index in [0.717, 1.165) is 6.92 Å². The number of halogens is 1. The quantitative estimate of drug-likeness (QED) is 0.733. The van der Waals surface area contributed by atoms with Crippen molar-refractivity contribution in [1.29, 1.82) is 0 Å². The minimum absolute atomic E-state index is 0.972. The van der Waals surface area contributed by atoms with Crippen LogP contribution in [0.2, 0.25) is 0 Å². The van der Waals surface area contributed by atoms with E-state index in [-0.39, 0.29) is 0 Å². The van der Waals surface area contributed by atoms with E-state index < -0.39 is 5.97 Å². The maximum Gasteiger partial charge on any atom is 0.0383 e. The summed E-state index contributed by atoms with van der Waals surface area (Å²) in [5.74, 6) is -1.08. The number of carbonyl (C=O) groups is 1. The number of carboxylic acids is 1. The zero-order valence-electron chi connectivity index (χ0n) is 9.42. The van der Waals surface area contributed by atoms with Crippen LogP contribution in [0.15, 0.2) is 28.7 Å². The summed E-state index contributed by atoms with van der Waals surface area (Å²) in [4.78, 5) is 8.89. The van der Waals surface area contributed by atoms with Crippen LogP contribution in [-0.2, 0) is 11.2 Å². The molecule has 0 atom stereocenters. The third kappa shape index (κ3) is 3.81. The van der Waals surface area contributed by atoms with Gasteiger partial charge in [-0.2, -0.15) is 0 Å². The Balaban J connectivity index is 0.000000280. The van der Waals surface area contributed by atoms with Crippen LogP contribution in [0, 0.1) is 0 Å². The van der Waals surface area contributed by atoms with E-state index in [2.05, 4.69) is 47.1 Å². The van der Waals surface area contributed by atoms with Crippen LogP contribution in [0.1, 0.15) is 31.4 Å². The summed E-state index contributed by atoms with van der Waals surface area (Å²) in [5, 5.41) is 8.89. The fourth-order valence-corrected chi connectivity index (χ4v) is 2.05. The van der Waals surface area contributed by atoms with Gasteiger partial charge in [0.1, 0.15) is 0 Å². The smallest absolute Gasteiger partial charge is 0.0383 e. The second-order valence-electron chi connectivity index (χ2n) is 3.72. The second kappa shape index (κ2) is 5.85. The average molecular weight is 282 g/mol. The van der Waals surface area contributed by atoms with E-state index in [0.29, 0.717) is 0 Å². The number of carbonyl (C=O) groups excluding carboxylic acids is 1. The second-order valence-corrected chi connectivity index (χ2v) is 4.63. The van der Waals surface area contributed by atoms with Crippen LogP contribution in [0.3, 0.4) is 0 Å². The average Bonchev–Trinajstić information content (AvgIpc) is 2.18. The number of hydrogen-bond donors (Lipinski definition) is 0. The lowest BCUT2D eigenvalue weighted by Gasteiger charge is -2.14. The molecule has 86 valence electrons. The molecule has 0 N–H and O–H groups in total. The van der Waals surface area contributed by atoms with Crippen molar-refractivity contribution in [3.8, 4) is 0 Å². The molecule has 0 amide bonds. The van der Waals surface area contributed by atoms with E-state index in [1.165, 1.54) is 34.0 Å². The summed E-state index contributed by atoms with van der Waals surface area (Å²) in [5.41, 5.74) is 4.31. The van der Waals surface area contributed by atoms with Crippen molar-refractivity contribution in [3.05, 3.63) is 39.9 Å². The summed E-state index contributed by atoms with van der Waals surface area (Å²) in [6.07, 6.45) is 4.70. The first kappa shape index (κ1) is 13.0. The van der Waals surface area contributed by atoms with Gasteiger partial charge in [-0.3, -0.25) is 0 Å². The predicted molar refractivity (Wildman–Crippen MR) is 66.8 cm³/mol. The SMILES string of the molecule is CC(=O)[O-].CC1=CCCc2ccc(Br)cc21. The van der Waals surface area contributed by atoms with Crippen molar-refractivity contribution >= 4 is 27.5 Å². The molecule has 1 aliphatic rings. The fourth-order valence-electron chi connectivity index (χ4n) is 1.69. The molecule has 0 saturated heterocycles. The third-order valence-electron chi connectivity index (χ3n) is 2.36. The van der Waals surface area contributed by atoms with Crippen molar-refractivity contribution in [2.45, 2.75) is 26.7 Å². The van der Waals surface area contributed by atoms with E-state index >= 15 is 0 Å². The Kier molecular flexibility index (Phi) is 4.74. The molecule has 2 rings (SSSR count). The molecule has 2 nitrogen and oxygen atoms in total. The fraction of sp³-hybridized carbons (Fsp3) is 0.308. The number of rotatable bonds is 0. The van der Waals surface area contributed by atoms with Crippen LogP contribution >= 0.6 is 15.9 Å². The molecule has 0 bridgehead atoms. The van der Waals surface area contributed by atoms with Gasteiger partial charge in [-0.15, -0.1) is 0 Å². The lowest BCUT2D eigenvalue weighted by Crippen LogP contribution is -2.16.